The summed E-state index contributed by atoms with van der Waals surface area (Å²) in [5.41, 5.74) is 7.75. The quantitative estimate of drug-likeness (QED) is 0.661. The van der Waals surface area contributed by atoms with E-state index in [1.807, 2.05) is 0 Å². The lowest BCUT2D eigenvalue weighted by atomic mass is 9.95. The highest BCUT2D eigenvalue weighted by atomic mass is 19.1. The SMILES string of the molecule is CC1=C(C(N)=O)C(c2ccc(F)cc2)n2nc(-c3cccc(O)c3)nc2N1. The van der Waals surface area contributed by atoms with E-state index in [-0.39, 0.29) is 11.6 Å². The molecule has 0 aliphatic carbocycles. The van der Waals surface area contributed by atoms with E-state index in [9.17, 15) is 14.3 Å². The van der Waals surface area contributed by atoms with E-state index < -0.39 is 11.9 Å². The molecule has 2 aromatic carbocycles. The predicted octanol–water partition coefficient (Wildman–Crippen LogP) is 2.56. The molecule has 2 heterocycles. The minimum atomic E-state index is -0.641. The molecule has 4 rings (SSSR count). The number of nitrogens with two attached hydrogens (primary N) is 1. The standard InChI is InChI=1S/C19H16FN5O2/c1-10-15(17(21)27)16(11-5-7-13(20)8-6-11)25-19(22-10)23-18(24-25)12-3-2-4-14(26)9-12/h2-9,16,26H,1H3,(H2,21,27)(H,22,23,24). The van der Waals surface area contributed by atoms with Crippen molar-refractivity contribution >= 4 is 11.9 Å². The van der Waals surface area contributed by atoms with Crippen LogP contribution in [0.25, 0.3) is 11.4 Å². The van der Waals surface area contributed by atoms with Crippen LogP contribution in [0.3, 0.4) is 0 Å². The molecule has 0 fully saturated rings. The number of phenolic OH excluding ortho intramolecular Hbond substituents is 1. The Labute approximate surface area is 154 Å². The zero-order valence-corrected chi connectivity index (χ0v) is 14.3. The number of rotatable bonds is 3. The van der Waals surface area contributed by atoms with Gasteiger partial charge < -0.3 is 16.2 Å². The topological polar surface area (TPSA) is 106 Å². The van der Waals surface area contributed by atoms with Gasteiger partial charge in [-0.15, -0.1) is 5.10 Å². The molecule has 1 amide bonds. The highest BCUT2D eigenvalue weighted by molar-refractivity contribution is 5.95. The molecule has 136 valence electrons. The summed E-state index contributed by atoms with van der Waals surface area (Å²) in [6.45, 7) is 1.73. The molecule has 1 unspecified atom stereocenters. The summed E-state index contributed by atoms with van der Waals surface area (Å²) in [6.07, 6.45) is 0. The number of allylic oxidation sites excluding steroid dienone is 1. The second kappa shape index (κ2) is 6.24. The van der Waals surface area contributed by atoms with E-state index in [4.69, 9.17) is 5.73 Å². The molecule has 0 bridgehead atoms. The summed E-state index contributed by atoms with van der Waals surface area (Å²) in [7, 11) is 0. The van der Waals surface area contributed by atoms with Gasteiger partial charge in [0.2, 0.25) is 11.9 Å². The molecular formula is C19H16FN5O2. The van der Waals surface area contributed by atoms with Crippen molar-refractivity contribution in [2.24, 2.45) is 5.73 Å². The average molecular weight is 365 g/mol. The first kappa shape index (κ1) is 16.8. The van der Waals surface area contributed by atoms with Crippen molar-refractivity contribution in [2.75, 3.05) is 5.32 Å². The lowest BCUT2D eigenvalue weighted by Crippen LogP contribution is -2.31. The fourth-order valence-corrected chi connectivity index (χ4v) is 3.19. The number of primary amides is 1. The van der Waals surface area contributed by atoms with Gasteiger partial charge in [-0.1, -0.05) is 24.3 Å². The third-order valence-corrected chi connectivity index (χ3v) is 4.41. The number of carbonyl (C=O) groups excluding carboxylic acids is 1. The number of fused-ring (bicyclic) bond motifs is 1. The zero-order valence-electron chi connectivity index (χ0n) is 14.3. The van der Waals surface area contributed by atoms with Crippen molar-refractivity contribution in [1.82, 2.24) is 14.8 Å². The molecule has 27 heavy (non-hydrogen) atoms. The van der Waals surface area contributed by atoms with Crippen LogP contribution < -0.4 is 11.1 Å². The number of halogens is 1. The number of hydrogen-bond acceptors (Lipinski definition) is 5. The normalized spacial score (nSPS) is 16.0. The van der Waals surface area contributed by atoms with Crippen LogP contribution in [-0.2, 0) is 4.79 Å². The second-order valence-corrected chi connectivity index (χ2v) is 6.24. The van der Waals surface area contributed by atoms with Crippen LogP contribution in [0.2, 0.25) is 0 Å². The molecular weight excluding hydrogens is 349 g/mol. The molecule has 0 saturated heterocycles. The first-order valence-electron chi connectivity index (χ1n) is 8.23. The fraction of sp³-hybridized carbons (Fsp3) is 0.105. The maximum absolute atomic E-state index is 13.4. The lowest BCUT2D eigenvalue weighted by molar-refractivity contribution is -0.115. The second-order valence-electron chi connectivity index (χ2n) is 6.24. The molecule has 1 aromatic heterocycles. The number of nitrogens with one attached hydrogen (secondary N) is 1. The molecule has 0 saturated carbocycles. The zero-order chi connectivity index (χ0) is 19.1. The molecule has 4 N–H and O–H groups in total. The Bertz CT molecular complexity index is 1070. The number of nitrogens with zero attached hydrogens (tertiary/aromatic N) is 3. The molecule has 0 spiro atoms. The number of phenols is 1. The summed E-state index contributed by atoms with van der Waals surface area (Å²) >= 11 is 0. The van der Waals surface area contributed by atoms with E-state index in [2.05, 4.69) is 15.4 Å². The molecule has 7 nitrogen and oxygen atoms in total. The number of benzene rings is 2. The van der Waals surface area contributed by atoms with Crippen molar-refractivity contribution < 1.29 is 14.3 Å². The maximum atomic E-state index is 13.4. The van der Waals surface area contributed by atoms with Gasteiger partial charge in [0.1, 0.15) is 17.6 Å². The van der Waals surface area contributed by atoms with Crippen LogP contribution in [0, 0.1) is 5.82 Å². The van der Waals surface area contributed by atoms with Gasteiger partial charge in [-0.3, -0.25) is 4.79 Å². The average Bonchev–Trinajstić information content (AvgIpc) is 3.04. The Hall–Kier alpha value is -3.68. The number of anilines is 1. The highest BCUT2D eigenvalue weighted by Crippen LogP contribution is 2.36. The van der Waals surface area contributed by atoms with Gasteiger partial charge in [0, 0.05) is 11.3 Å². The molecule has 3 aromatic rings. The van der Waals surface area contributed by atoms with E-state index >= 15 is 0 Å². The molecule has 8 heteroatoms. The summed E-state index contributed by atoms with van der Waals surface area (Å²) < 4.78 is 14.9. The minimum Gasteiger partial charge on any atom is -0.508 e. The Morgan fingerprint density at radius 2 is 2.00 bits per heavy atom. The van der Waals surface area contributed by atoms with Gasteiger partial charge in [0.25, 0.3) is 0 Å². The molecule has 0 radical (unpaired) electrons. The summed E-state index contributed by atoms with van der Waals surface area (Å²) in [4.78, 5) is 16.6. The largest absolute Gasteiger partial charge is 0.508 e. The highest BCUT2D eigenvalue weighted by Gasteiger charge is 2.33. The van der Waals surface area contributed by atoms with Crippen LogP contribution in [0.15, 0.2) is 59.8 Å². The van der Waals surface area contributed by atoms with Gasteiger partial charge in [-0.25, -0.2) is 9.07 Å². The van der Waals surface area contributed by atoms with Crippen molar-refractivity contribution in [3.63, 3.8) is 0 Å². The number of aromatic nitrogens is 3. The fourth-order valence-electron chi connectivity index (χ4n) is 3.19. The van der Waals surface area contributed by atoms with E-state index in [0.29, 0.717) is 34.2 Å². The Balaban J connectivity index is 1.88. The predicted molar refractivity (Wildman–Crippen MR) is 97.2 cm³/mol. The molecule has 1 aliphatic rings. The van der Waals surface area contributed by atoms with Crippen molar-refractivity contribution in [3.8, 4) is 17.1 Å². The molecule has 1 atom stereocenters. The number of amides is 1. The van der Waals surface area contributed by atoms with Crippen LogP contribution in [0.1, 0.15) is 18.5 Å². The smallest absolute Gasteiger partial charge is 0.248 e. The Morgan fingerprint density at radius 3 is 2.67 bits per heavy atom. The third-order valence-electron chi connectivity index (χ3n) is 4.41. The van der Waals surface area contributed by atoms with E-state index in [1.54, 1.807) is 48.0 Å². The van der Waals surface area contributed by atoms with Gasteiger partial charge in [-0.2, -0.15) is 4.98 Å². The van der Waals surface area contributed by atoms with Gasteiger partial charge in [0.05, 0.1) is 5.57 Å². The van der Waals surface area contributed by atoms with Crippen LogP contribution in [-0.4, -0.2) is 25.8 Å². The Kier molecular flexibility index (Phi) is 3.88. The summed E-state index contributed by atoms with van der Waals surface area (Å²) in [5.74, 6) is -0.0951. The van der Waals surface area contributed by atoms with Crippen molar-refractivity contribution in [2.45, 2.75) is 13.0 Å². The summed E-state index contributed by atoms with van der Waals surface area (Å²) in [6, 6.07) is 11.7. The van der Waals surface area contributed by atoms with Gasteiger partial charge >= 0.3 is 0 Å². The van der Waals surface area contributed by atoms with E-state index in [0.717, 1.165) is 0 Å². The minimum absolute atomic E-state index is 0.0930. The summed E-state index contributed by atoms with van der Waals surface area (Å²) in [5, 5.41) is 17.3. The van der Waals surface area contributed by atoms with E-state index in [1.165, 1.54) is 12.1 Å². The Morgan fingerprint density at radius 1 is 1.26 bits per heavy atom. The first-order valence-corrected chi connectivity index (χ1v) is 8.23. The lowest BCUT2D eigenvalue weighted by Gasteiger charge is -2.27. The van der Waals surface area contributed by atoms with Crippen LogP contribution in [0.5, 0.6) is 5.75 Å². The van der Waals surface area contributed by atoms with Crippen molar-refractivity contribution in [3.05, 3.63) is 71.2 Å². The van der Waals surface area contributed by atoms with Crippen LogP contribution in [0.4, 0.5) is 10.3 Å². The van der Waals surface area contributed by atoms with Crippen molar-refractivity contribution in [1.29, 1.82) is 0 Å². The maximum Gasteiger partial charge on any atom is 0.248 e. The number of hydrogen-bond donors (Lipinski definition) is 3. The van der Waals surface area contributed by atoms with Gasteiger partial charge in [0.15, 0.2) is 5.82 Å². The monoisotopic (exact) mass is 365 g/mol. The number of carbonyl (C=O) groups is 1. The third kappa shape index (κ3) is 2.91. The first-order chi connectivity index (χ1) is 12.9. The number of aromatic hydroxyl groups is 1. The van der Waals surface area contributed by atoms with Crippen LogP contribution >= 0.6 is 0 Å². The van der Waals surface area contributed by atoms with Gasteiger partial charge in [-0.05, 0) is 36.8 Å². The molecule has 1 aliphatic heterocycles.